The minimum atomic E-state index is -0.691. The normalized spacial score (nSPS) is 11.4. The second kappa shape index (κ2) is 4.69. The number of amides is 1. The smallest absolute Gasteiger partial charge is 0.225 e. The van der Waals surface area contributed by atoms with Gasteiger partial charge in [-0.15, -0.1) is 0 Å². The lowest BCUT2D eigenvalue weighted by Gasteiger charge is -2.17. The summed E-state index contributed by atoms with van der Waals surface area (Å²) in [4.78, 5) is 25.5. The summed E-state index contributed by atoms with van der Waals surface area (Å²) in [6, 6.07) is 1.31. The van der Waals surface area contributed by atoms with E-state index in [0.717, 1.165) is 0 Å². The average Bonchev–Trinajstić information content (AvgIpc) is 2.13. The summed E-state index contributed by atoms with van der Waals surface area (Å²) >= 11 is 0. The van der Waals surface area contributed by atoms with Crippen molar-refractivity contribution in [3.63, 3.8) is 0 Å². The number of aryl methyl sites for hydroxylation is 1. The first kappa shape index (κ1) is 13.4. The highest BCUT2D eigenvalue weighted by atomic mass is 19.1. The van der Waals surface area contributed by atoms with Gasteiger partial charge >= 0.3 is 0 Å². The van der Waals surface area contributed by atoms with Gasteiger partial charge in [-0.1, -0.05) is 20.8 Å². The van der Waals surface area contributed by atoms with Gasteiger partial charge in [-0.2, -0.15) is 4.39 Å². The van der Waals surface area contributed by atoms with Crippen molar-refractivity contribution in [3.05, 3.63) is 33.5 Å². The van der Waals surface area contributed by atoms with Crippen molar-refractivity contribution in [3.8, 4) is 0 Å². The van der Waals surface area contributed by atoms with Gasteiger partial charge in [-0.3, -0.25) is 9.59 Å². The number of carbonyl (C=O) groups excluding carboxylic acids is 1. The summed E-state index contributed by atoms with van der Waals surface area (Å²) in [6.45, 7) is 6.74. The van der Waals surface area contributed by atoms with Gasteiger partial charge in [-0.05, 0) is 6.92 Å². The highest BCUT2D eigenvalue weighted by molar-refractivity contribution is 5.81. The maximum Gasteiger partial charge on any atom is 0.225 e. The zero-order valence-electron chi connectivity index (χ0n) is 10.5. The summed E-state index contributed by atoms with van der Waals surface area (Å²) in [5, 5.41) is 2.54. The number of nitrogens with one attached hydrogen (secondary N) is 2. The van der Waals surface area contributed by atoms with Crippen molar-refractivity contribution in [2.75, 3.05) is 0 Å². The Balaban J connectivity index is 2.84. The first-order chi connectivity index (χ1) is 7.71. The van der Waals surface area contributed by atoms with Crippen molar-refractivity contribution in [1.29, 1.82) is 0 Å². The summed E-state index contributed by atoms with van der Waals surface area (Å²) in [5.74, 6) is -0.916. The minimum absolute atomic E-state index is 0.0480. The maximum absolute atomic E-state index is 13.5. The number of H-pyrrole nitrogens is 1. The molecule has 1 aromatic rings. The van der Waals surface area contributed by atoms with Crippen LogP contribution in [0.4, 0.5) is 4.39 Å². The highest BCUT2D eigenvalue weighted by Crippen LogP contribution is 2.12. The van der Waals surface area contributed by atoms with E-state index in [1.165, 1.54) is 6.07 Å². The molecule has 0 atom stereocenters. The van der Waals surface area contributed by atoms with Crippen LogP contribution in [0.3, 0.4) is 0 Å². The average molecular weight is 240 g/mol. The Morgan fingerprint density at radius 2 is 2.06 bits per heavy atom. The fourth-order valence-electron chi connectivity index (χ4n) is 1.28. The lowest BCUT2D eigenvalue weighted by Crippen LogP contribution is -2.36. The molecule has 4 nitrogen and oxygen atoms in total. The van der Waals surface area contributed by atoms with E-state index in [9.17, 15) is 14.0 Å². The van der Waals surface area contributed by atoms with Gasteiger partial charge in [-0.25, -0.2) is 0 Å². The van der Waals surface area contributed by atoms with E-state index in [1.807, 2.05) is 0 Å². The van der Waals surface area contributed by atoms with Gasteiger partial charge < -0.3 is 10.3 Å². The molecule has 0 bridgehead atoms. The summed E-state index contributed by atoms with van der Waals surface area (Å²) in [7, 11) is 0. The molecule has 2 N–H and O–H groups in total. The van der Waals surface area contributed by atoms with E-state index < -0.39 is 16.8 Å². The topological polar surface area (TPSA) is 62.0 Å². The number of rotatable bonds is 2. The van der Waals surface area contributed by atoms with E-state index in [4.69, 9.17) is 0 Å². The monoisotopic (exact) mass is 240 g/mol. The third kappa shape index (κ3) is 3.41. The molecule has 0 spiro atoms. The quantitative estimate of drug-likeness (QED) is 0.769. The summed E-state index contributed by atoms with van der Waals surface area (Å²) in [5.41, 5.74) is -0.562. The van der Waals surface area contributed by atoms with Crippen LogP contribution in [0.5, 0.6) is 0 Å². The Kier molecular flexibility index (Phi) is 3.70. The third-order valence-corrected chi connectivity index (χ3v) is 2.32. The molecule has 0 radical (unpaired) electrons. The summed E-state index contributed by atoms with van der Waals surface area (Å²) < 4.78 is 13.5. The van der Waals surface area contributed by atoms with Crippen molar-refractivity contribution < 1.29 is 9.18 Å². The van der Waals surface area contributed by atoms with Gasteiger partial charge in [0.15, 0.2) is 11.4 Å². The molecule has 1 rings (SSSR count). The summed E-state index contributed by atoms with van der Waals surface area (Å²) in [6.07, 6.45) is 0. The molecule has 5 heteroatoms. The Labute approximate surface area is 99.2 Å². The Hall–Kier alpha value is -1.65. The molecular formula is C12H17FN2O2. The van der Waals surface area contributed by atoms with Crippen molar-refractivity contribution in [2.24, 2.45) is 5.41 Å². The van der Waals surface area contributed by atoms with Crippen LogP contribution in [0.15, 0.2) is 10.9 Å². The van der Waals surface area contributed by atoms with E-state index in [0.29, 0.717) is 5.69 Å². The molecule has 0 aromatic carbocycles. The van der Waals surface area contributed by atoms with Crippen LogP contribution >= 0.6 is 0 Å². The van der Waals surface area contributed by atoms with E-state index in [2.05, 4.69) is 10.3 Å². The second-order valence-corrected chi connectivity index (χ2v) is 5.04. The standard InChI is InChI=1S/C12H17FN2O2/c1-7-5-9(16)8(10(13)15-7)6-14-11(17)12(2,3)4/h5H,6H2,1-4H3,(H,14,17)(H,15,16). The Morgan fingerprint density at radius 3 is 2.53 bits per heavy atom. The number of hydrogen-bond donors (Lipinski definition) is 2. The van der Waals surface area contributed by atoms with Crippen LogP contribution in [0.25, 0.3) is 0 Å². The van der Waals surface area contributed by atoms with Crippen LogP contribution in [-0.4, -0.2) is 10.9 Å². The predicted octanol–water partition coefficient (Wildman–Crippen LogP) is 1.48. The molecule has 17 heavy (non-hydrogen) atoms. The van der Waals surface area contributed by atoms with Crippen molar-refractivity contribution in [2.45, 2.75) is 34.2 Å². The predicted molar refractivity (Wildman–Crippen MR) is 63.1 cm³/mol. The first-order valence-corrected chi connectivity index (χ1v) is 5.38. The fourth-order valence-corrected chi connectivity index (χ4v) is 1.28. The van der Waals surface area contributed by atoms with Crippen LogP contribution in [0.2, 0.25) is 0 Å². The number of halogens is 1. The molecule has 0 unspecified atom stereocenters. The molecule has 0 aliphatic carbocycles. The van der Waals surface area contributed by atoms with Crippen LogP contribution in [0, 0.1) is 18.3 Å². The molecule has 94 valence electrons. The van der Waals surface area contributed by atoms with Gasteiger partial charge in [0.05, 0.1) is 12.1 Å². The first-order valence-electron chi connectivity index (χ1n) is 5.38. The fraction of sp³-hybridized carbons (Fsp3) is 0.500. The van der Waals surface area contributed by atoms with Gasteiger partial charge in [0.1, 0.15) is 0 Å². The van der Waals surface area contributed by atoms with Crippen molar-refractivity contribution in [1.82, 2.24) is 10.3 Å². The van der Waals surface area contributed by atoms with Crippen LogP contribution in [-0.2, 0) is 11.3 Å². The molecule has 1 aromatic heterocycles. The largest absolute Gasteiger partial charge is 0.351 e. The van der Waals surface area contributed by atoms with E-state index in [-0.39, 0.29) is 18.0 Å². The van der Waals surface area contributed by atoms with Crippen LogP contribution < -0.4 is 10.7 Å². The van der Waals surface area contributed by atoms with Crippen molar-refractivity contribution >= 4 is 5.91 Å². The minimum Gasteiger partial charge on any atom is -0.351 e. The highest BCUT2D eigenvalue weighted by Gasteiger charge is 2.21. The lowest BCUT2D eigenvalue weighted by molar-refractivity contribution is -0.128. The molecule has 0 aliphatic heterocycles. The van der Waals surface area contributed by atoms with Gasteiger partial charge in [0, 0.05) is 17.2 Å². The number of pyridine rings is 1. The SMILES string of the molecule is Cc1cc(=O)c(CNC(=O)C(C)(C)C)c(F)[nH]1. The Morgan fingerprint density at radius 1 is 1.47 bits per heavy atom. The van der Waals surface area contributed by atoms with Gasteiger partial charge in [0.2, 0.25) is 5.91 Å². The number of hydrogen-bond acceptors (Lipinski definition) is 2. The number of aromatic nitrogens is 1. The van der Waals surface area contributed by atoms with Crippen LogP contribution in [0.1, 0.15) is 32.0 Å². The van der Waals surface area contributed by atoms with E-state index in [1.54, 1.807) is 27.7 Å². The second-order valence-electron chi connectivity index (χ2n) is 5.04. The number of aromatic amines is 1. The molecule has 0 fully saturated rings. The molecule has 1 amide bonds. The third-order valence-electron chi connectivity index (χ3n) is 2.32. The molecule has 0 saturated heterocycles. The maximum atomic E-state index is 13.5. The zero-order valence-corrected chi connectivity index (χ0v) is 10.5. The van der Waals surface area contributed by atoms with E-state index >= 15 is 0 Å². The molecule has 0 aliphatic rings. The number of carbonyl (C=O) groups is 1. The van der Waals surface area contributed by atoms with Gasteiger partial charge in [0.25, 0.3) is 0 Å². The Bertz CT molecular complexity index is 486. The lowest BCUT2D eigenvalue weighted by atomic mass is 9.95. The molecular weight excluding hydrogens is 223 g/mol. The molecule has 0 saturated carbocycles. The zero-order chi connectivity index (χ0) is 13.2. The molecule has 1 heterocycles.